The van der Waals surface area contributed by atoms with Gasteiger partial charge in [-0.05, 0) is 67.2 Å². The second-order valence-electron chi connectivity index (χ2n) is 21.8. The zero-order valence-corrected chi connectivity index (χ0v) is 47.4. The molecule has 0 saturated carbocycles. The molecule has 24 atom stereocenters. The van der Waals surface area contributed by atoms with Gasteiger partial charge >= 0.3 is 23.9 Å². The third-order valence-corrected chi connectivity index (χ3v) is 15.8. The Morgan fingerprint density at radius 2 is 1.24 bits per heavy atom. The predicted molar refractivity (Wildman–Crippen MR) is 275 cm³/mol. The van der Waals surface area contributed by atoms with Gasteiger partial charge in [-0.1, -0.05) is 84.6 Å². The number of unbranched alkanes of at least 4 members (excludes halogenated alkanes) is 2. The van der Waals surface area contributed by atoms with Crippen LogP contribution >= 0.6 is 0 Å². The molecule has 5 rings (SSSR count). The fourth-order valence-electron chi connectivity index (χ4n) is 9.99. The highest BCUT2D eigenvalue weighted by molar-refractivity contribution is 5.87. The summed E-state index contributed by atoms with van der Waals surface area (Å²) in [6, 6.07) is 0. The van der Waals surface area contributed by atoms with Crippen LogP contribution in [0.15, 0.2) is 11.6 Å². The maximum absolute atomic E-state index is 13.9. The van der Waals surface area contributed by atoms with Crippen LogP contribution in [-0.4, -0.2) is 213 Å². The van der Waals surface area contributed by atoms with Gasteiger partial charge in [0.25, 0.3) is 0 Å². The summed E-state index contributed by atoms with van der Waals surface area (Å²) in [5.41, 5.74) is 0.166. The summed E-state index contributed by atoms with van der Waals surface area (Å²) in [6.07, 6.45) is -25.4. The molecule has 5 fully saturated rings. The largest absolute Gasteiger partial charge is 0.455 e. The molecule has 0 aromatic heterocycles. The van der Waals surface area contributed by atoms with Gasteiger partial charge in [0.2, 0.25) is 0 Å². The van der Waals surface area contributed by atoms with Crippen molar-refractivity contribution in [2.75, 3.05) is 13.2 Å². The van der Waals surface area contributed by atoms with Crippen LogP contribution in [0.4, 0.5) is 0 Å². The van der Waals surface area contributed by atoms with E-state index in [0.29, 0.717) is 32.1 Å². The lowest BCUT2D eigenvalue weighted by atomic mass is 9.95. The van der Waals surface area contributed by atoms with E-state index in [1.165, 1.54) is 33.8 Å². The molecule has 5 aliphatic heterocycles. The van der Waals surface area contributed by atoms with Crippen LogP contribution < -0.4 is 0 Å². The van der Waals surface area contributed by atoms with Gasteiger partial charge in [-0.3, -0.25) is 14.4 Å². The number of carbonyl (C=O) groups is 4. The highest BCUT2D eigenvalue weighted by Gasteiger charge is 2.59. The Kier molecular flexibility index (Phi) is 27.2. The summed E-state index contributed by atoms with van der Waals surface area (Å²) in [6.45, 7) is 12.3. The van der Waals surface area contributed by atoms with Crippen molar-refractivity contribution in [1.29, 1.82) is 0 Å². The molecule has 79 heavy (non-hydrogen) atoms. The van der Waals surface area contributed by atoms with Gasteiger partial charge in [0.05, 0.1) is 49.5 Å². The Labute approximate surface area is 463 Å². The van der Waals surface area contributed by atoms with Crippen molar-refractivity contribution in [2.24, 2.45) is 11.8 Å². The van der Waals surface area contributed by atoms with Gasteiger partial charge in [-0.15, -0.1) is 0 Å². The summed E-state index contributed by atoms with van der Waals surface area (Å²) < 4.78 is 75.0. The quantitative estimate of drug-likeness (QED) is 0.0474. The average Bonchev–Trinajstić information content (AvgIpc) is 3.46. The molecule has 0 amide bonds. The summed E-state index contributed by atoms with van der Waals surface area (Å²) in [4.78, 5) is 54.3. The normalized spacial score (nSPS) is 39.9. The van der Waals surface area contributed by atoms with Crippen molar-refractivity contribution in [1.82, 2.24) is 0 Å². The van der Waals surface area contributed by atoms with Crippen LogP contribution in [0.3, 0.4) is 0 Å². The number of fused-ring (bicyclic) bond motifs is 4. The summed E-state index contributed by atoms with van der Waals surface area (Å²) in [7, 11) is 0. The number of esters is 4. The Bertz CT molecular complexity index is 1910. The van der Waals surface area contributed by atoms with Crippen LogP contribution in [0.25, 0.3) is 0 Å². The van der Waals surface area contributed by atoms with E-state index in [4.69, 9.17) is 56.8 Å². The maximum atomic E-state index is 13.9. The first-order chi connectivity index (χ1) is 37.6. The molecule has 0 unspecified atom stereocenters. The minimum absolute atomic E-state index is 0.116. The van der Waals surface area contributed by atoms with E-state index >= 15 is 0 Å². The highest BCUT2D eigenvalue weighted by Crippen LogP contribution is 2.39. The third-order valence-electron chi connectivity index (χ3n) is 15.8. The zero-order chi connectivity index (χ0) is 58.2. The molecular weight excluding hydrogens is 1040 g/mol. The summed E-state index contributed by atoms with van der Waals surface area (Å²) in [5, 5.41) is 91.4. The molecule has 0 aromatic carbocycles. The van der Waals surface area contributed by atoms with E-state index in [1.54, 1.807) is 27.7 Å². The van der Waals surface area contributed by atoms with E-state index in [9.17, 15) is 60.0 Å². The van der Waals surface area contributed by atoms with Crippen molar-refractivity contribution in [3.05, 3.63) is 11.6 Å². The summed E-state index contributed by atoms with van der Waals surface area (Å²) >= 11 is 0. The van der Waals surface area contributed by atoms with Crippen LogP contribution in [0, 0.1) is 11.8 Å². The molecule has 24 heteroatoms. The first-order valence-corrected chi connectivity index (χ1v) is 28.6. The molecule has 0 aromatic rings. The Morgan fingerprint density at radius 1 is 0.633 bits per heavy atom. The molecule has 5 heterocycles. The molecule has 0 aliphatic carbocycles. The standard InChI is InChI=1S/C55H92O24/c1-10-13-19-22-33-23-20-17-15-14-16-18-21-24-36(59)73-47-43(75-50(66)28(5)12-3)38(61)34(25-56)71-54(47)77-44-39(62)35(26-57)72-55(78-45-40(63)37(60)31(8)68-52(45)70-33)48(44)79-53-46(76-51(67)29(6)30(7)58)41(64)42(32(9)69-53)74-49(65)27(4)11-2/h11,28-35,37-48,52-58,60-64H,10,12-26H2,1-9H3/b27-11-/t28-,29-,30+,31+,32-,33-,34+,35+,37+,38+,39+,40-,41+,42-,43-,44-,45+,46+,47+,48+,52-,53-,54-,55-/m0/s1. The SMILES string of the molecule is C/C=C(/C)C(=O)O[C@@H]1[C@@H](O)[C@@H](OC(=O)[C@@H](C)[C@@H](C)O)[C@H](O[C@H]2[C@@H]3O[C@H]4[C@H](O[C@@H](CCCCC)CCCCCCCCCC(=O)O[C@H]5[C@H](O[C@H]2[C@H](O)[C@@H](CO)O3)O[C@H](CO)[C@@H](O)[C@@H]5OC(=O)[C@@H](C)CC)O[C@H](C)[C@@H](O)[C@@H]4O)O[C@H]1C. The Balaban J connectivity index is 1.70. The van der Waals surface area contributed by atoms with Gasteiger partial charge in [0.15, 0.2) is 49.6 Å². The number of aliphatic hydroxyl groups excluding tert-OH is 8. The molecular formula is C55H92O24. The number of hydrogen-bond donors (Lipinski definition) is 8. The van der Waals surface area contributed by atoms with E-state index < -0.39 is 184 Å². The molecule has 0 radical (unpaired) electrons. The number of rotatable bonds is 16. The maximum Gasteiger partial charge on any atom is 0.333 e. The van der Waals surface area contributed by atoms with Crippen LogP contribution in [0.1, 0.15) is 152 Å². The van der Waals surface area contributed by atoms with Crippen molar-refractivity contribution < 1.29 is 117 Å². The van der Waals surface area contributed by atoms with Gasteiger partial charge in [0, 0.05) is 12.0 Å². The number of carbonyl (C=O) groups excluding carboxylic acids is 4. The summed E-state index contributed by atoms with van der Waals surface area (Å²) in [5.74, 6) is -5.42. The molecule has 2 bridgehead atoms. The molecule has 0 spiro atoms. The van der Waals surface area contributed by atoms with Crippen molar-refractivity contribution >= 4 is 23.9 Å². The minimum Gasteiger partial charge on any atom is -0.455 e. The fraction of sp³-hybridized carbons (Fsp3) is 0.891. The highest BCUT2D eigenvalue weighted by atomic mass is 16.8. The van der Waals surface area contributed by atoms with E-state index in [-0.39, 0.29) is 12.0 Å². The molecule has 456 valence electrons. The first kappa shape index (κ1) is 66.8. The number of allylic oxidation sites excluding steroid dienone is 1. The van der Waals surface area contributed by atoms with Crippen LogP contribution in [-0.2, 0) is 76.0 Å². The number of ether oxygens (including phenoxy) is 12. The van der Waals surface area contributed by atoms with E-state index in [2.05, 4.69) is 6.92 Å². The van der Waals surface area contributed by atoms with Crippen molar-refractivity contribution in [3.8, 4) is 0 Å². The van der Waals surface area contributed by atoms with Crippen LogP contribution in [0.5, 0.6) is 0 Å². The van der Waals surface area contributed by atoms with Gasteiger partial charge < -0.3 is 97.7 Å². The first-order valence-electron chi connectivity index (χ1n) is 28.6. The fourth-order valence-corrected chi connectivity index (χ4v) is 9.99. The molecule has 24 nitrogen and oxygen atoms in total. The smallest absolute Gasteiger partial charge is 0.333 e. The third kappa shape index (κ3) is 17.8. The van der Waals surface area contributed by atoms with Gasteiger partial charge in [-0.2, -0.15) is 0 Å². The second-order valence-corrected chi connectivity index (χ2v) is 21.8. The zero-order valence-electron chi connectivity index (χ0n) is 47.4. The van der Waals surface area contributed by atoms with Crippen molar-refractivity contribution in [3.63, 3.8) is 0 Å². The molecule has 5 saturated heterocycles. The average molecular weight is 1140 g/mol. The molecule has 5 aliphatic rings. The molecule has 8 N–H and O–H groups in total. The lowest BCUT2D eigenvalue weighted by Gasteiger charge is -2.51. The topological polar surface area (TPSA) is 341 Å². The second kappa shape index (κ2) is 32.1. The monoisotopic (exact) mass is 1140 g/mol. The van der Waals surface area contributed by atoms with E-state index in [0.717, 1.165) is 51.4 Å². The van der Waals surface area contributed by atoms with Crippen LogP contribution in [0.2, 0.25) is 0 Å². The van der Waals surface area contributed by atoms with Gasteiger partial charge in [-0.25, -0.2) is 4.79 Å². The van der Waals surface area contributed by atoms with Crippen molar-refractivity contribution in [2.45, 2.75) is 287 Å². The minimum atomic E-state index is -2.01. The van der Waals surface area contributed by atoms with Gasteiger partial charge in [0.1, 0.15) is 61.0 Å². The lowest BCUT2D eigenvalue weighted by molar-refractivity contribution is -0.409. The Hall–Kier alpha value is -3.02. The Morgan fingerprint density at radius 3 is 1.87 bits per heavy atom. The van der Waals surface area contributed by atoms with E-state index in [1.807, 2.05) is 0 Å². The number of hydrogen-bond acceptors (Lipinski definition) is 24. The number of aliphatic hydroxyl groups is 8. The predicted octanol–water partition coefficient (Wildman–Crippen LogP) is 2.04. The lowest BCUT2D eigenvalue weighted by Crippen LogP contribution is -2.69.